The molecule has 2 unspecified atom stereocenters. The van der Waals surface area contributed by atoms with Gasteiger partial charge < -0.3 is 5.11 Å². The number of hydrogen-bond donors (Lipinski definition) is 1. The lowest BCUT2D eigenvalue weighted by Crippen LogP contribution is -2.13. The highest BCUT2D eigenvalue weighted by molar-refractivity contribution is 5.80. The van der Waals surface area contributed by atoms with Gasteiger partial charge >= 0.3 is 0 Å². The highest BCUT2D eigenvalue weighted by Crippen LogP contribution is 2.21. The third kappa shape index (κ3) is 3.48. The van der Waals surface area contributed by atoms with Crippen LogP contribution >= 0.6 is 0 Å². The maximum Gasteiger partial charge on any atom is 0.135 e. The van der Waals surface area contributed by atoms with Crippen molar-refractivity contribution in [3.63, 3.8) is 0 Å². The fourth-order valence-corrected chi connectivity index (χ4v) is 1.63. The van der Waals surface area contributed by atoms with Gasteiger partial charge in [-0.2, -0.15) is 0 Å². The van der Waals surface area contributed by atoms with Gasteiger partial charge in [-0.3, -0.25) is 4.79 Å². The summed E-state index contributed by atoms with van der Waals surface area (Å²) in [5, 5.41) is 9.88. The zero-order valence-corrected chi connectivity index (χ0v) is 9.31. The molecule has 15 heavy (non-hydrogen) atoms. The average Bonchev–Trinajstić information content (AvgIpc) is 2.29. The van der Waals surface area contributed by atoms with Crippen molar-refractivity contribution in [1.29, 1.82) is 0 Å². The molecular formula is C13H18O2. The van der Waals surface area contributed by atoms with Gasteiger partial charge in [-0.25, -0.2) is 0 Å². The molecule has 1 aromatic rings. The Kier molecular flexibility index (Phi) is 4.50. The number of aliphatic hydroxyl groups is 1. The van der Waals surface area contributed by atoms with Crippen LogP contribution in [0.1, 0.15) is 38.4 Å². The number of Topliss-reactive ketones (excluding diaryl/α,β-unsaturated/α-hetero) is 1. The summed E-state index contributed by atoms with van der Waals surface area (Å²) in [6, 6.07) is 9.47. The van der Waals surface area contributed by atoms with Gasteiger partial charge in [0.15, 0.2) is 0 Å². The van der Waals surface area contributed by atoms with E-state index in [1.165, 1.54) is 0 Å². The largest absolute Gasteiger partial charge is 0.388 e. The van der Waals surface area contributed by atoms with Crippen LogP contribution in [0.5, 0.6) is 0 Å². The quantitative estimate of drug-likeness (QED) is 0.804. The number of ketones is 1. The smallest absolute Gasteiger partial charge is 0.135 e. The Morgan fingerprint density at radius 1 is 1.33 bits per heavy atom. The molecule has 0 radical (unpaired) electrons. The third-order valence-corrected chi connectivity index (χ3v) is 2.66. The summed E-state index contributed by atoms with van der Waals surface area (Å²) in [4.78, 5) is 11.4. The summed E-state index contributed by atoms with van der Waals surface area (Å²) in [6.45, 7) is 3.73. The van der Waals surface area contributed by atoms with Crippen LogP contribution in [0.25, 0.3) is 0 Å². The van der Waals surface area contributed by atoms with E-state index in [1.807, 2.05) is 44.2 Å². The van der Waals surface area contributed by atoms with Crippen LogP contribution in [0.15, 0.2) is 30.3 Å². The lowest BCUT2D eigenvalue weighted by atomic mass is 9.94. The fraction of sp³-hybridized carbons (Fsp3) is 0.462. The number of benzene rings is 1. The number of hydrogen-bond acceptors (Lipinski definition) is 2. The van der Waals surface area contributed by atoms with Crippen molar-refractivity contribution in [2.75, 3.05) is 0 Å². The normalized spacial score (nSPS) is 14.6. The zero-order valence-electron chi connectivity index (χ0n) is 9.31. The molecule has 0 spiro atoms. The van der Waals surface area contributed by atoms with E-state index in [2.05, 4.69) is 0 Å². The van der Waals surface area contributed by atoms with Gasteiger partial charge in [-0.1, -0.05) is 44.2 Å². The van der Waals surface area contributed by atoms with E-state index in [4.69, 9.17) is 0 Å². The molecule has 0 aromatic heterocycles. The molecule has 2 heteroatoms. The standard InChI is InChI=1S/C13H18O2/c1-3-12(14)10(2)9-13(15)11-7-5-4-6-8-11/h4-8,10,13,15H,3,9H2,1-2H3. The average molecular weight is 206 g/mol. The molecular weight excluding hydrogens is 188 g/mol. The Morgan fingerprint density at radius 3 is 2.47 bits per heavy atom. The molecule has 2 atom stereocenters. The second-order valence-corrected chi connectivity index (χ2v) is 3.88. The van der Waals surface area contributed by atoms with Crippen molar-refractivity contribution >= 4 is 5.78 Å². The molecule has 0 amide bonds. The number of carbonyl (C=O) groups is 1. The van der Waals surface area contributed by atoms with Gasteiger partial charge in [0.25, 0.3) is 0 Å². The lowest BCUT2D eigenvalue weighted by Gasteiger charge is -2.15. The topological polar surface area (TPSA) is 37.3 Å². The molecule has 0 aliphatic carbocycles. The van der Waals surface area contributed by atoms with E-state index < -0.39 is 6.10 Å². The summed E-state index contributed by atoms with van der Waals surface area (Å²) in [6.07, 6.45) is 0.524. The second-order valence-electron chi connectivity index (χ2n) is 3.88. The number of aliphatic hydroxyl groups excluding tert-OH is 1. The predicted octanol–water partition coefficient (Wildman–Crippen LogP) is 2.73. The van der Waals surface area contributed by atoms with Crippen molar-refractivity contribution in [1.82, 2.24) is 0 Å². The maximum absolute atomic E-state index is 11.4. The van der Waals surface area contributed by atoms with Crippen LogP contribution in [-0.2, 0) is 4.79 Å². The Hall–Kier alpha value is -1.15. The molecule has 0 saturated carbocycles. The minimum atomic E-state index is -0.531. The minimum Gasteiger partial charge on any atom is -0.388 e. The first kappa shape index (κ1) is 11.9. The summed E-state index contributed by atoms with van der Waals surface area (Å²) in [5.41, 5.74) is 0.883. The Labute approximate surface area is 90.9 Å². The highest BCUT2D eigenvalue weighted by atomic mass is 16.3. The zero-order chi connectivity index (χ0) is 11.3. The molecule has 0 bridgehead atoms. The molecule has 82 valence electrons. The molecule has 0 saturated heterocycles. The van der Waals surface area contributed by atoms with Gasteiger partial charge in [-0.05, 0) is 12.0 Å². The molecule has 0 fully saturated rings. The van der Waals surface area contributed by atoms with Crippen LogP contribution < -0.4 is 0 Å². The van der Waals surface area contributed by atoms with Crippen molar-refractivity contribution < 1.29 is 9.90 Å². The molecule has 1 N–H and O–H groups in total. The van der Waals surface area contributed by atoms with E-state index in [0.717, 1.165) is 5.56 Å². The lowest BCUT2D eigenvalue weighted by molar-refractivity contribution is -0.123. The van der Waals surface area contributed by atoms with E-state index in [-0.39, 0.29) is 11.7 Å². The second kappa shape index (κ2) is 5.66. The summed E-state index contributed by atoms with van der Waals surface area (Å²) in [7, 11) is 0. The van der Waals surface area contributed by atoms with Crippen molar-refractivity contribution in [3.8, 4) is 0 Å². The van der Waals surface area contributed by atoms with Crippen LogP contribution in [-0.4, -0.2) is 10.9 Å². The molecule has 0 aliphatic rings. The van der Waals surface area contributed by atoms with Gasteiger partial charge in [0.1, 0.15) is 5.78 Å². The van der Waals surface area contributed by atoms with Gasteiger partial charge in [0.2, 0.25) is 0 Å². The van der Waals surface area contributed by atoms with Gasteiger partial charge in [-0.15, -0.1) is 0 Å². The first-order valence-corrected chi connectivity index (χ1v) is 5.40. The maximum atomic E-state index is 11.4. The Morgan fingerprint density at radius 2 is 1.93 bits per heavy atom. The van der Waals surface area contributed by atoms with Gasteiger partial charge in [0, 0.05) is 12.3 Å². The minimum absolute atomic E-state index is 0.0646. The summed E-state index contributed by atoms with van der Waals surface area (Å²) < 4.78 is 0. The first-order valence-electron chi connectivity index (χ1n) is 5.40. The molecule has 1 aromatic carbocycles. The predicted molar refractivity (Wildman–Crippen MR) is 60.5 cm³/mol. The third-order valence-electron chi connectivity index (χ3n) is 2.66. The van der Waals surface area contributed by atoms with Crippen LogP contribution in [0.2, 0.25) is 0 Å². The highest BCUT2D eigenvalue weighted by Gasteiger charge is 2.16. The fourth-order valence-electron chi connectivity index (χ4n) is 1.63. The molecule has 2 nitrogen and oxygen atoms in total. The Bertz CT molecular complexity index is 306. The van der Waals surface area contributed by atoms with E-state index in [1.54, 1.807) is 0 Å². The van der Waals surface area contributed by atoms with E-state index >= 15 is 0 Å². The van der Waals surface area contributed by atoms with Crippen LogP contribution in [0, 0.1) is 5.92 Å². The van der Waals surface area contributed by atoms with E-state index in [0.29, 0.717) is 12.8 Å². The van der Waals surface area contributed by atoms with Crippen LogP contribution in [0.3, 0.4) is 0 Å². The molecule has 0 aliphatic heterocycles. The first-order chi connectivity index (χ1) is 7.15. The molecule has 1 rings (SSSR count). The molecule has 0 heterocycles. The summed E-state index contributed by atoms with van der Waals surface area (Å²) >= 11 is 0. The SMILES string of the molecule is CCC(=O)C(C)CC(O)c1ccccc1. The van der Waals surface area contributed by atoms with Crippen molar-refractivity contribution in [2.45, 2.75) is 32.8 Å². The van der Waals surface area contributed by atoms with Crippen LogP contribution in [0.4, 0.5) is 0 Å². The monoisotopic (exact) mass is 206 g/mol. The number of rotatable bonds is 5. The summed E-state index contributed by atoms with van der Waals surface area (Å²) in [5.74, 6) is 0.148. The van der Waals surface area contributed by atoms with Crippen molar-refractivity contribution in [2.24, 2.45) is 5.92 Å². The van der Waals surface area contributed by atoms with Crippen molar-refractivity contribution in [3.05, 3.63) is 35.9 Å². The van der Waals surface area contributed by atoms with E-state index in [9.17, 15) is 9.90 Å². The van der Waals surface area contributed by atoms with Gasteiger partial charge in [0.05, 0.1) is 6.10 Å². The number of carbonyl (C=O) groups excluding carboxylic acids is 1. The Balaban J connectivity index is 2.56.